The second-order valence-corrected chi connectivity index (χ2v) is 8.92. The molecule has 0 saturated carbocycles. The van der Waals surface area contributed by atoms with E-state index in [1.165, 1.54) is 37.4 Å². The Hall–Kier alpha value is -2.32. The molecule has 0 bridgehead atoms. The molecule has 0 fully saturated rings. The van der Waals surface area contributed by atoms with Crippen molar-refractivity contribution in [1.82, 2.24) is 4.98 Å². The summed E-state index contributed by atoms with van der Waals surface area (Å²) in [5.74, 6) is -0.188. The maximum atomic E-state index is 12.6. The zero-order valence-electron chi connectivity index (χ0n) is 14.9. The number of pyridine rings is 1. The molecule has 0 spiro atoms. The van der Waals surface area contributed by atoms with Gasteiger partial charge in [-0.15, -0.1) is 0 Å². The van der Waals surface area contributed by atoms with Gasteiger partial charge in [0.2, 0.25) is 5.91 Å². The molecule has 2 N–H and O–H groups in total. The van der Waals surface area contributed by atoms with Crippen LogP contribution in [0.25, 0.3) is 11.1 Å². The number of aromatic nitrogens is 1. The van der Waals surface area contributed by atoms with Gasteiger partial charge in [0.1, 0.15) is 5.82 Å². The second kappa shape index (κ2) is 8.59. The normalized spacial score (nSPS) is 11.2. The number of carbonyl (C=O) groups excluding carboxylic acids is 1. The highest BCUT2D eigenvalue weighted by molar-refractivity contribution is 7.92. The van der Waals surface area contributed by atoms with Crippen LogP contribution in [0.3, 0.4) is 0 Å². The Kier molecular flexibility index (Phi) is 6.33. The first kappa shape index (κ1) is 21.4. The lowest BCUT2D eigenvalue weighted by Crippen LogP contribution is -2.14. The van der Waals surface area contributed by atoms with Gasteiger partial charge in [0.05, 0.1) is 15.6 Å². The highest BCUT2D eigenvalue weighted by Gasteiger charge is 2.17. The third-order valence-electron chi connectivity index (χ3n) is 3.81. The van der Waals surface area contributed by atoms with Crippen molar-refractivity contribution in [2.24, 2.45) is 0 Å². The van der Waals surface area contributed by atoms with E-state index in [4.69, 9.17) is 34.8 Å². The molecule has 0 atom stereocenters. The molecule has 1 heterocycles. The van der Waals surface area contributed by atoms with Gasteiger partial charge in [-0.05, 0) is 42.5 Å². The molecular formula is C19H14Cl3N3O3S. The third kappa shape index (κ3) is 5.19. The largest absolute Gasteiger partial charge is 0.325 e. The van der Waals surface area contributed by atoms with Crippen LogP contribution in [-0.4, -0.2) is 19.3 Å². The van der Waals surface area contributed by atoms with Crippen molar-refractivity contribution in [3.8, 4) is 11.1 Å². The van der Waals surface area contributed by atoms with Gasteiger partial charge in [-0.3, -0.25) is 9.52 Å². The van der Waals surface area contributed by atoms with E-state index in [9.17, 15) is 13.2 Å². The number of amides is 1. The third-order valence-corrected chi connectivity index (χ3v) is 6.02. The van der Waals surface area contributed by atoms with Crippen molar-refractivity contribution in [3.63, 3.8) is 0 Å². The lowest BCUT2D eigenvalue weighted by atomic mass is 10.1. The summed E-state index contributed by atoms with van der Waals surface area (Å²) in [7, 11) is -3.93. The molecule has 0 unspecified atom stereocenters. The minimum atomic E-state index is -3.93. The summed E-state index contributed by atoms with van der Waals surface area (Å²) in [6, 6.07) is 12.3. The molecule has 3 aromatic rings. The van der Waals surface area contributed by atoms with Gasteiger partial charge in [-0.1, -0.05) is 40.9 Å². The number of carbonyl (C=O) groups is 1. The number of nitrogens with one attached hydrogen (secondary N) is 2. The van der Waals surface area contributed by atoms with Crippen LogP contribution < -0.4 is 10.0 Å². The molecule has 2 aromatic carbocycles. The van der Waals surface area contributed by atoms with Crippen LogP contribution >= 0.6 is 34.8 Å². The molecule has 0 saturated heterocycles. The summed E-state index contributed by atoms with van der Waals surface area (Å²) < 4.78 is 27.6. The van der Waals surface area contributed by atoms with E-state index in [-0.39, 0.29) is 21.6 Å². The average molecular weight is 471 g/mol. The van der Waals surface area contributed by atoms with Crippen molar-refractivity contribution in [2.45, 2.75) is 11.8 Å². The van der Waals surface area contributed by atoms with E-state index in [2.05, 4.69) is 15.0 Å². The fourth-order valence-corrected chi connectivity index (χ4v) is 4.33. The first-order valence-corrected chi connectivity index (χ1v) is 10.8. The molecule has 0 aliphatic carbocycles. The number of nitrogens with zero attached hydrogens (tertiary/aromatic N) is 1. The van der Waals surface area contributed by atoms with Gasteiger partial charge < -0.3 is 5.32 Å². The first-order valence-electron chi connectivity index (χ1n) is 8.17. The molecular weight excluding hydrogens is 457 g/mol. The summed E-state index contributed by atoms with van der Waals surface area (Å²) in [4.78, 5) is 15.2. The van der Waals surface area contributed by atoms with Gasteiger partial charge in [0.15, 0.2) is 0 Å². The minimum absolute atomic E-state index is 0.0665. The van der Waals surface area contributed by atoms with Gasteiger partial charge in [0, 0.05) is 34.3 Å². The van der Waals surface area contributed by atoms with Crippen molar-refractivity contribution in [3.05, 3.63) is 69.8 Å². The van der Waals surface area contributed by atoms with Crippen molar-refractivity contribution in [1.29, 1.82) is 0 Å². The van der Waals surface area contributed by atoms with Crippen LogP contribution in [0.5, 0.6) is 0 Å². The van der Waals surface area contributed by atoms with Crippen LogP contribution in [-0.2, 0) is 14.8 Å². The SMILES string of the molecule is CC(=O)Nc1ccc(S(=O)(=O)Nc2ccc(-c3ccc(Cl)cc3Cl)cn2)cc1Cl. The monoisotopic (exact) mass is 469 g/mol. The lowest BCUT2D eigenvalue weighted by molar-refractivity contribution is -0.114. The molecule has 150 valence electrons. The number of rotatable bonds is 5. The molecule has 10 heteroatoms. The zero-order valence-corrected chi connectivity index (χ0v) is 18.0. The minimum Gasteiger partial charge on any atom is -0.325 e. The standard InChI is InChI=1S/C19H14Cl3N3O3S/c1-11(26)24-18-6-4-14(9-17(18)22)29(27,28)25-19-7-2-12(10-23-19)15-5-3-13(20)8-16(15)21/h2-10H,1H3,(H,23,25)(H,24,26). The fraction of sp³-hybridized carbons (Fsp3) is 0.0526. The lowest BCUT2D eigenvalue weighted by Gasteiger charge is -2.11. The molecule has 6 nitrogen and oxygen atoms in total. The van der Waals surface area contributed by atoms with Gasteiger partial charge in [0.25, 0.3) is 10.0 Å². The number of anilines is 2. The number of halogens is 3. The Bertz CT molecular complexity index is 1180. The highest BCUT2D eigenvalue weighted by Crippen LogP contribution is 2.31. The topological polar surface area (TPSA) is 88.2 Å². The Morgan fingerprint density at radius 1 is 0.966 bits per heavy atom. The second-order valence-electron chi connectivity index (χ2n) is 5.98. The highest BCUT2D eigenvalue weighted by atomic mass is 35.5. The average Bonchev–Trinajstić information content (AvgIpc) is 2.63. The van der Waals surface area contributed by atoms with Gasteiger partial charge in [-0.2, -0.15) is 0 Å². The molecule has 3 rings (SSSR count). The van der Waals surface area contributed by atoms with E-state index in [1.54, 1.807) is 24.3 Å². The number of sulfonamides is 1. The van der Waals surface area contributed by atoms with E-state index < -0.39 is 10.0 Å². The van der Waals surface area contributed by atoms with Crippen molar-refractivity contribution >= 4 is 62.2 Å². The predicted molar refractivity (Wildman–Crippen MR) is 116 cm³/mol. The molecule has 0 aliphatic rings. The van der Waals surface area contributed by atoms with E-state index in [1.807, 2.05) is 0 Å². The Labute approximate surface area is 182 Å². The Morgan fingerprint density at radius 2 is 1.72 bits per heavy atom. The summed E-state index contributed by atoms with van der Waals surface area (Å²) >= 11 is 18.1. The molecule has 29 heavy (non-hydrogen) atoms. The maximum Gasteiger partial charge on any atom is 0.263 e. The van der Waals surface area contributed by atoms with E-state index >= 15 is 0 Å². The van der Waals surface area contributed by atoms with Crippen LogP contribution in [0.4, 0.5) is 11.5 Å². The first-order chi connectivity index (χ1) is 13.7. The fourth-order valence-electron chi connectivity index (χ4n) is 2.49. The van der Waals surface area contributed by atoms with E-state index in [0.717, 1.165) is 5.56 Å². The molecule has 0 aliphatic heterocycles. The summed E-state index contributed by atoms with van der Waals surface area (Å²) in [5, 5.41) is 3.59. The van der Waals surface area contributed by atoms with E-state index in [0.29, 0.717) is 21.3 Å². The van der Waals surface area contributed by atoms with Crippen LogP contribution in [0.2, 0.25) is 15.1 Å². The molecule has 0 radical (unpaired) electrons. The van der Waals surface area contributed by atoms with Crippen LogP contribution in [0.15, 0.2) is 59.6 Å². The smallest absolute Gasteiger partial charge is 0.263 e. The van der Waals surface area contributed by atoms with Gasteiger partial charge in [-0.25, -0.2) is 13.4 Å². The van der Waals surface area contributed by atoms with Crippen LogP contribution in [0, 0.1) is 0 Å². The maximum absolute atomic E-state index is 12.6. The summed E-state index contributed by atoms with van der Waals surface area (Å²) in [6.07, 6.45) is 1.50. The number of hydrogen-bond donors (Lipinski definition) is 2. The Morgan fingerprint density at radius 3 is 2.31 bits per heavy atom. The van der Waals surface area contributed by atoms with Crippen molar-refractivity contribution in [2.75, 3.05) is 10.0 Å². The summed E-state index contributed by atoms with van der Waals surface area (Å²) in [5.41, 5.74) is 1.75. The predicted octanol–water partition coefficient (Wildman–Crippen LogP) is 5.47. The quantitative estimate of drug-likeness (QED) is 0.517. The summed E-state index contributed by atoms with van der Waals surface area (Å²) in [6.45, 7) is 1.33. The Balaban J connectivity index is 1.82. The zero-order chi connectivity index (χ0) is 21.2. The molecule has 1 amide bonds. The van der Waals surface area contributed by atoms with Gasteiger partial charge >= 0.3 is 0 Å². The van der Waals surface area contributed by atoms with Crippen molar-refractivity contribution < 1.29 is 13.2 Å². The van der Waals surface area contributed by atoms with Crippen LogP contribution in [0.1, 0.15) is 6.92 Å². The number of benzene rings is 2. The number of hydrogen-bond acceptors (Lipinski definition) is 4. The molecule has 1 aromatic heterocycles.